The third kappa shape index (κ3) is 2.40. The van der Waals surface area contributed by atoms with Gasteiger partial charge in [0, 0.05) is 5.56 Å². The average molecular weight is 295 g/mol. The summed E-state index contributed by atoms with van der Waals surface area (Å²) in [5, 5.41) is 14.3. The molecule has 0 radical (unpaired) electrons. The van der Waals surface area contributed by atoms with Crippen molar-refractivity contribution in [2.75, 3.05) is 5.43 Å². The van der Waals surface area contributed by atoms with Crippen molar-refractivity contribution in [1.82, 2.24) is 14.8 Å². The van der Waals surface area contributed by atoms with Crippen molar-refractivity contribution < 1.29 is 5.11 Å². The Morgan fingerprint density at radius 3 is 2.41 bits per heavy atom. The van der Waals surface area contributed by atoms with Crippen molar-refractivity contribution in [3.8, 4) is 22.7 Å². The molecule has 7 nitrogen and oxygen atoms in total. The van der Waals surface area contributed by atoms with E-state index in [2.05, 4.69) is 15.5 Å². The Morgan fingerprint density at radius 2 is 1.73 bits per heavy atom. The van der Waals surface area contributed by atoms with E-state index >= 15 is 0 Å². The quantitative estimate of drug-likeness (QED) is 0.496. The zero-order valence-corrected chi connectivity index (χ0v) is 11.5. The molecule has 0 aliphatic rings. The van der Waals surface area contributed by atoms with Crippen LogP contribution in [0.25, 0.3) is 16.9 Å². The lowest BCUT2D eigenvalue weighted by Crippen LogP contribution is -2.27. The molecule has 7 heteroatoms. The van der Waals surface area contributed by atoms with Crippen LogP contribution in [0.2, 0.25) is 0 Å². The van der Waals surface area contributed by atoms with Crippen LogP contribution in [0.5, 0.6) is 5.75 Å². The second-order valence-electron chi connectivity index (χ2n) is 4.50. The Hall–Kier alpha value is -3.19. The topological polar surface area (TPSA) is 106 Å². The highest BCUT2D eigenvalue weighted by Gasteiger charge is 2.15. The molecule has 0 aliphatic carbocycles. The van der Waals surface area contributed by atoms with Gasteiger partial charge in [-0.1, -0.05) is 30.3 Å². The minimum Gasteiger partial charge on any atom is -0.507 e. The monoisotopic (exact) mass is 295 g/mol. The molecule has 0 spiro atoms. The lowest BCUT2D eigenvalue weighted by molar-refractivity contribution is 0.477. The van der Waals surface area contributed by atoms with Gasteiger partial charge in [0.15, 0.2) is 5.82 Å². The van der Waals surface area contributed by atoms with Gasteiger partial charge < -0.3 is 10.5 Å². The van der Waals surface area contributed by atoms with Gasteiger partial charge in [-0.15, -0.1) is 0 Å². The summed E-state index contributed by atoms with van der Waals surface area (Å²) in [6, 6.07) is 15.5. The molecule has 2 aromatic carbocycles. The molecule has 3 rings (SSSR count). The average Bonchev–Trinajstić information content (AvgIpc) is 2.56. The Bertz CT molecular complexity index is 861. The minimum absolute atomic E-state index is 0.0200. The molecule has 0 atom stereocenters. The largest absolute Gasteiger partial charge is 0.507 e. The van der Waals surface area contributed by atoms with Crippen LogP contribution in [0.4, 0.5) is 5.82 Å². The van der Waals surface area contributed by atoms with Crippen molar-refractivity contribution in [2.45, 2.75) is 0 Å². The maximum atomic E-state index is 12.1. The number of aromatic nitrogens is 3. The number of benzene rings is 2. The van der Waals surface area contributed by atoms with Gasteiger partial charge in [-0.05, 0) is 24.3 Å². The third-order valence-corrected chi connectivity index (χ3v) is 3.11. The highest BCUT2D eigenvalue weighted by molar-refractivity contribution is 5.75. The first-order chi connectivity index (χ1) is 10.7. The number of para-hydroxylation sites is 2. The first-order valence-electron chi connectivity index (χ1n) is 6.52. The summed E-state index contributed by atoms with van der Waals surface area (Å²) in [5.41, 5.74) is 3.05. The predicted molar refractivity (Wildman–Crippen MR) is 82.5 cm³/mol. The highest BCUT2D eigenvalue weighted by Crippen LogP contribution is 2.30. The molecule has 110 valence electrons. The number of hydrogen-bond donors (Lipinski definition) is 3. The number of phenols is 1. The van der Waals surface area contributed by atoms with E-state index in [-0.39, 0.29) is 17.3 Å². The van der Waals surface area contributed by atoms with Crippen LogP contribution in [0.3, 0.4) is 0 Å². The number of rotatable bonds is 3. The molecule has 0 aliphatic heterocycles. The zero-order valence-electron chi connectivity index (χ0n) is 11.5. The smallest absolute Gasteiger partial charge is 0.370 e. The standard InChI is InChI=1S/C15H13N5O2/c16-18-14-13(11-8-4-5-9-12(11)21)19-20(15(22)17-14)10-6-2-1-3-7-10/h1-9,21H,16H2,(H,17,18,22). The van der Waals surface area contributed by atoms with Gasteiger partial charge in [-0.25, -0.2) is 10.6 Å². The van der Waals surface area contributed by atoms with Crippen LogP contribution in [0, 0.1) is 0 Å². The predicted octanol–water partition coefficient (Wildman–Crippen LogP) is 1.29. The van der Waals surface area contributed by atoms with Gasteiger partial charge in [0.25, 0.3) is 0 Å². The lowest BCUT2D eigenvalue weighted by Gasteiger charge is -2.11. The van der Waals surface area contributed by atoms with Crippen LogP contribution in [0.1, 0.15) is 0 Å². The van der Waals surface area contributed by atoms with Crippen molar-refractivity contribution in [3.05, 3.63) is 65.1 Å². The number of nitrogen functional groups attached to an aromatic ring is 1. The fraction of sp³-hybridized carbons (Fsp3) is 0. The number of phenolic OH excluding ortho intramolecular Hbond substituents is 1. The molecule has 0 amide bonds. The van der Waals surface area contributed by atoms with E-state index in [1.807, 2.05) is 6.07 Å². The van der Waals surface area contributed by atoms with Crippen LogP contribution in [-0.4, -0.2) is 19.9 Å². The van der Waals surface area contributed by atoms with Gasteiger partial charge in [-0.3, -0.25) is 0 Å². The molecule has 0 bridgehead atoms. The van der Waals surface area contributed by atoms with Crippen LogP contribution < -0.4 is 17.0 Å². The van der Waals surface area contributed by atoms with Gasteiger partial charge in [0.1, 0.15) is 11.4 Å². The molecule has 0 unspecified atom stereocenters. The van der Waals surface area contributed by atoms with Crippen molar-refractivity contribution in [1.29, 1.82) is 0 Å². The van der Waals surface area contributed by atoms with Gasteiger partial charge in [0.2, 0.25) is 0 Å². The van der Waals surface area contributed by atoms with E-state index < -0.39 is 5.69 Å². The summed E-state index contributed by atoms with van der Waals surface area (Å²) in [6.45, 7) is 0. The fourth-order valence-electron chi connectivity index (χ4n) is 2.08. The molecule has 0 saturated heterocycles. The third-order valence-electron chi connectivity index (χ3n) is 3.11. The number of nitrogens with two attached hydrogens (primary N) is 1. The summed E-state index contributed by atoms with van der Waals surface area (Å²) in [5.74, 6) is 5.53. The maximum absolute atomic E-state index is 12.1. The van der Waals surface area contributed by atoms with E-state index in [1.54, 1.807) is 42.5 Å². The Morgan fingerprint density at radius 1 is 1.05 bits per heavy atom. The molecule has 1 heterocycles. The first kappa shape index (κ1) is 13.8. The Labute approximate surface area is 125 Å². The molecule has 22 heavy (non-hydrogen) atoms. The SMILES string of the molecule is NNc1nc(=O)n(-c2ccccc2)nc1-c1ccccc1O. The van der Waals surface area contributed by atoms with Crippen molar-refractivity contribution in [3.63, 3.8) is 0 Å². The zero-order chi connectivity index (χ0) is 15.5. The van der Waals surface area contributed by atoms with E-state index in [4.69, 9.17) is 5.84 Å². The Balaban J connectivity index is 2.26. The van der Waals surface area contributed by atoms with E-state index in [9.17, 15) is 9.90 Å². The van der Waals surface area contributed by atoms with Gasteiger partial charge in [0.05, 0.1) is 5.69 Å². The number of hydrogen-bond acceptors (Lipinski definition) is 6. The fourth-order valence-corrected chi connectivity index (χ4v) is 2.08. The van der Waals surface area contributed by atoms with Crippen LogP contribution >= 0.6 is 0 Å². The molecule has 3 aromatic rings. The second-order valence-corrected chi connectivity index (χ2v) is 4.50. The summed E-state index contributed by atoms with van der Waals surface area (Å²) in [6.07, 6.45) is 0. The minimum atomic E-state index is -0.571. The molecule has 0 fully saturated rings. The highest BCUT2D eigenvalue weighted by atomic mass is 16.3. The second kappa shape index (κ2) is 5.66. The van der Waals surface area contributed by atoms with Crippen LogP contribution in [-0.2, 0) is 0 Å². The van der Waals surface area contributed by atoms with Crippen molar-refractivity contribution >= 4 is 5.82 Å². The number of hydrazine groups is 1. The number of nitrogens with zero attached hydrogens (tertiary/aromatic N) is 3. The summed E-state index contributed by atoms with van der Waals surface area (Å²) in [7, 11) is 0. The van der Waals surface area contributed by atoms with E-state index in [0.717, 1.165) is 4.68 Å². The van der Waals surface area contributed by atoms with Gasteiger partial charge in [-0.2, -0.15) is 14.8 Å². The molecule has 4 N–H and O–H groups in total. The molecular weight excluding hydrogens is 282 g/mol. The lowest BCUT2D eigenvalue weighted by atomic mass is 10.1. The summed E-state index contributed by atoms with van der Waals surface area (Å²) < 4.78 is 1.16. The first-order valence-corrected chi connectivity index (χ1v) is 6.52. The summed E-state index contributed by atoms with van der Waals surface area (Å²) >= 11 is 0. The van der Waals surface area contributed by atoms with Crippen molar-refractivity contribution in [2.24, 2.45) is 5.84 Å². The maximum Gasteiger partial charge on any atom is 0.370 e. The number of aromatic hydroxyl groups is 1. The molecule has 0 saturated carbocycles. The Kier molecular flexibility index (Phi) is 3.55. The number of anilines is 1. The van der Waals surface area contributed by atoms with Gasteiger partial charge >= 0.3 is 5.69 Å². The molecular formula is C15H13N5O2. The number of nitrogens with one attached hydrogen (secondary N) is 1. The van der Waals surface area contributed by atoms with Crippen LogP contribution in [0.15, 0.2) is 59.4 Å². The molecule has 1 aromatic heterocycles. The van der Waals surface area contributed by atoms with E-state index in [0.29, 0.717) is 11.3 Å². The van der Waals surface area contributed by atoms with E-state index in [1.165, 1.54) is 6.07 Å². The normalized spacial score (nSPS) is 10.4. The summed E-state index contributed by atoms with van der Waals surface area (Å²) in [4.78, 5) is 16.0.